The van der Waals surface area contributed by atoms with E-state index in [1.54, 1.807) is 0 Å². The molecule has 0 fully saturated rings. The molecule has 0 bridgehead atoms. The average Bonchev–Trinajstić information content (AvgIpc) is 2.78. The van der Waals surface area contributed by atoms with Crippen molar-refractivity contribution in [1.82, 2.24) is 20.1 Å². The molecule has 1 aliphatic rings. The minimum atomic E-state index is -4.53. The lowest BCUT2D eigenvalue weighted by atomic mass is 9.99. The Morgan fingerprint density at radius 3 is 2.65 bits per heavy atom. The fraction of sp³-hybridized carbons (Fsp3) is 0.273. The highest BCUT2D eigenvalue weighted by Gasteiger charge is 2.30. The smallest absolute Gasteiger partial charge is 0.416 e. The van der Waals surface area contributed by atoms with Gasteiger partial charge in [-0.3, -0.25) is 4.79 Å². The standard InChI is InChI=1S/C22H22F3N7O2/c1-32-7-6-12-9-17(34-2)16(8-13(12)11-32)28-21-29-20(18(19(26)33)30-31-21)27-15-5-3-4-14(10-15)22(23,24)25/h3-5,8-10H,6-7,11H2,1-2H3,(H2,26,33)(H2,27,28,29,31). The number of halogens is 3. The summed E-state index contributed by atoms with van der Waals surface area (Å²) in [6.07, 6.45) is -3.64. The third kappa shape index (κ3) is 5.01. The number of aromatic nitrogens is 3. The largest absolute Gasteiger partial charge is 0.495 e. The zero-order valence-corrected chi connectivity index (χ0v) is 18.4. The van der Waals surface area contributed by atoms with Crippen LogP contribution in [0.4, 0.5) is 36.3 Å². The molecule has 0 unspecified atom stereocenters. The third-order valence-electron chi connectivity index (χ3n) is 5.34. The Hall–Kier alpha value is -3.93. The van der Waals surface area contributed by atoms with Gasteiger partial charge in [-0.05, 0) is 54.9 Å². The van der Waals surface area contributed by atoms with Crippen molar-refractivity contribution in [3.63, 3.8) is 0 Å². The van der Waals surface area contributed by atoms with Gasteiger partial charge in [-0.15, -0.1) is 10.2 Å². The first kappa shape index (κ1) is 23.2. The maximum atomic E-state index is 13.1. The molecule has 4 N–H and O–H groups in total. The van der Waals surface area contributed by atoms with E-state index in [2.05, 4.69) is 30.7 Å². The molecule has 2 aromatic carbocycles. The fourth-order valence-electron chi connectivity index (χ4n) is 3.66. The minimum Gasteiger partial charge on any atom is -0.495 e. The van der Waals surface area contributed by atoms with Gasteiger partial charge in [0.05, 0.1) is 18.4 Å². The first-order chi connectivity index (χ1) is 16.1. The van der Waals surface area contributed by atoms with E-state index in [0.29, 0.717) is 11.4 Å². The number of ether oxygens (including phenoxy) is 1. The number of nitrogens with two attached hydrogens (primary N) is 1. The van der Waals surface area contributed by atoms with Crippen molar-refractivity contribution in [1.29, 1.82) is 0 Å². The normalized spacial score (nSPS) is 13.8. The van der Waals surface area contributed by atoms with Crippen LogP contribution in [0.5, 0.6) is 5.75 Å². The number of nitrogens with zero attached hydrogens (tertiary/aromatic N) is 4. The summed E-state index contributed by atoms with van der Waals surface area (Å²) < 4.78 is 44.7. The molecular formula is C22H22F3N7O2. The Kier molecular flexibility index (Phi) is 6.24. The average molecular weight is 473 g/mol. The Morgan fingerprint density at radius 1 is 1.15 bits per heavy atom. The number of hydrogen-bond acceptors (Lipinski definition) is 8. The molecule has 0 radical (unpaired) electrons. The summed E-state index contributed by atoms with van der Waals surface area (Å²) in [5.41, 5.74) is 7.10. The van der Waals surface area contributed by atoms with Crippen molar-refractivity contribution in [2.45, 2.75) is 19.1 Å². The number of anilines is 4. The summed E-state index contributed by atoms with van der Waals surface area (Å²) in [5, 5.41) is 13.4. The summed E-state index contributed by atoms with van der Waals surface area (Å²) in [5.74, 6) is -0.503. The highest BCUT2D eigenvalue weighted by atomic mass is 19.4. The van der Waals surface area contributed by atoms with Crippen molar-refractivity contribution in [2.24, 2.45) is 5.73 Å². The van der Waals surface area contributed by atoms with Gasteiger partial charge in [0.1, 0.15) is 5.75 Å². The van der Waals surface area contributed by atoms with Crippen LogP contribution in [0, 0.1) is 0 Å². The number of rotatable bonds is 6. The molecule has 1 amide bonds. The molecule has 0 saturated heterocycles. The zero-order chi connectivity index (χ0) is 24.5. The Balaban J connectivity index is 1.67. The van der Waals surface area contributed by atoms with Crippen LogP contribution in [0.3, 0.4) is 0 Å². The molecule has 12 heteroatoms. The van der Waals surface area contributed by atoms with E-state index in [1.165, 1.54) is 24.8 Å². The van der Waals surface area contributed by atoms with Crippen molar-refractivity contribution in [3.05, 3.63) is 58.8 Å². The van der Waals surface area contributed by atoms with Crippen molar-refractivity contribution < 1.29 is 22.7 Å². The number of carbonyl (C=O) groups excluding carboxylic acids is 1. The lowest BCUT2D eigenvalue weighted by Gasteiger charge is -2.26. The molecule has 178 valence electrons. The number of methoxy groups -OCH3 is 1. The van der Waals surface area contributed by atoms with Gasteiger partial charge in [0.25, 0.3) is 5.91 Å². The van der Waals surface area contributed by atoms with Crippen LogP contribution in [0.1, 0.15) is 27.2 Å². The highest BCUT2D eigenvalue weighted by molar-refractivity contribution is 5.96. The first-order valence-corrected chi connectivity index (χ1v) is 10.3. The molecule has 2 heterocycles. The van der Waals surface area contributed by atoms with Gasteiger partial charge < -0.3 is 26.0 Å². The molecule has 1 aromatic heterocycles. The summed E-state index contributed by atoms with van der Waals surface area (Å²) in [6, 6.07) is 8.33. The SMILES string of the molecule is COc1cc2c(cc1Nc1nnc(C(N)=O)c(Nc3cccc(C(F)(F)F)c3)n1)CN(C)CC2. The second kappa shape index (κ2) is 9.14. The molecule has 0 aliphatic carbocycles. The molecule has 0 atom stereocenters. The Labute approximate surface area is 193 Å². The topological polar surface area (TPSA) is 118 Å². The number of benzene rings is 2. The number of carbonyl (C=O) groups is 1. The maximum absolute atomic E-state index is 13.1. The van der Waals surface area contributed by atoms with Gasteiger partial charge in [0.15, 0.2) is 11.5 Å². The maximum Gasteiger partial charge on any atom is 0.416 e. The van der Waals surface area contributed by atoms with Crippen LogP contribution in [0.25, 0.3) is 0 Å². The van der Waals surface area contributed by atoms with Crippen LogP contribution in [0.2, 0.25) is 0 Å². The lowest BCUT2D eigenvalue weighted by molar-refractivity contribution is -0.137. The Morgan fingerprint density at radius 2 is 1.94 bits per heavy atom. The van der Waals surface area contributed by atoms with Gasteiger partial charge in [0.2, 0.25) is 5.95 Å². The second-order valence-corrected chi connectivity index (χ2v) is 7.83. The van der Waals surface area contributed by atoms with Gasteiger partial charge in [-0.2, -0.15) is 18.2 Å². The van der Waals surface area contributed by atoms with E-state index in [4.69, 9.17) is 10.5 Å². The monoisotopic (exact) mass is 473 g/mol. The first-order valence-electron chi connectivity index (χ1n) is 10.3. The van der Waals surface area contributed by atoms with E-state index in [-0.39, 0.29) is 23.1 Å². The van der Waals surface area contributed by atoms with E-state index >= 15 is 0 Å². The zero-order valence-electron chi connectivity index (χ0n) is 18.4. The van der Waals surface area contributed by atoms with E-state index in [0.717, 1.165) is 37.2 Å². The third-order valence-corrected chi connectivity index (χ3v) is 5.34. The predicted molar refractivity (Wildman–Crippen MR) is 119 cm³/mol. The molecular weight excluding hydrogens is 451 g/mol. The predicted octanol–water partition coefficient (Wildman–Crippen LogP) is 3.47. The van der Waals surface area contributed by atoms with Crippen molar-refractivity contribution in [2.75, 3.05) is 31.3 Å². The number of nitrogens with one attached hydrogen (secondary N) is 2. The number of alkyl halides is 3. The van der Waals surface area contributed by atoms with Crippen LogP contribution in [-0.4, -0.2) is 46.7 Å². The van der Waals surface area contributed by atoms with Crippen molar-refractivity contribution in [3.8, 4) is 5.75 Å². The summed E-state index contributed by atoms with van der Waals surface area (Å²) in [6.45, 7) is 1.70. The summed E-state index contributed by atoms with van der Waals surface area (Å²) in [7, 11) is 3.57. The lowest BCUT2D eigenvalue weighted by Crippen LogP contribution is -2.26. The van der Waals surface area contributed by atoms with Crippen LogP contribution in [-0.2, 0) is 19.1 Å². The van der Waals surface area contributed by atoms with Gasteiger partial charge in [-0.25, -0.2) is 0 Å². The quantitative estimate of drug-likeness (QED) is 0.498. The molecule has 3 aromatic rings. The van der Waals surface area contributed by atoms with E-state index < -0.39 is 17.6 Å². The van der Waals surface area contributed by atoms with Crippen LogP contribution in [0.15, 0.2) is 36.4 Å². The molecule has 0 spiro atoms. The second-order valence-electron chi connectivity index (χ2n) is 7.83. The summed E-state index contributed by atoms with van der Waals surface area (Å²) in [4.78, 5) is 18.2. The van der Waals surface area contributed by atoms with Crippen molar-refractivity contribution >= 4 is 29.0 Å². The van der Waals surface area contributed by atoms with E-state index in [9.17, 15) is 18.0 Å². The number of fused-ring (bicyclic) bond motifs is 1. The summed E-state index contributed by atoms with van der Waals surface area (Å²) >= 11 is 0. The minimum absolute atomic E-state index is 0.00175. The molecule has 4 rings (SSSR count). The number of likely N-dealkylation sites (N-methyl/N-ethyl adjacent to an activating group) is 1. The van der Waals surface area contributed by atoms with Crippen LogP contribution >= 0.6 is 0 Å². The van der Waals surface area contributed by atoms with Crippen LogP contribution < -0.4 is 21.1 Å². The molecule has 0 saturated carbocycles. The number of hydrogen-bond donors (Lipinski definition) is 3. The number of amides is 1. The highest BCUT2D eigenvalue weighted by Crippen LogP contribution is 2.34. The molecule has 1 aliphatic heterocycles. The van der Waals surface area contributed by atoms with E-state index in [1.807, 2.05) is 19.2 Å². The Bertz CT molecular complexity index is 1230. The molecule has 34 heavy (non-hydrogen) atoms. The van der Waals surface area contributed by atoms with Gasteiger partial charge in [-0.1, -0.05) is 6.07 Å². The number of primary amides is 1. The molecule has 9 nitrogen and oxygen atoms in total. The van der Waals surface area contributed by atoms with Gasteiger partial charge in [0, 0.05) is 18.8 Å². The fourth-order valence-corrected chi connectivity index (χ4v) is 3.66. The van der Waals surface area contributed by atoms with Gasteiger partial charge >= 0.3 is 6.18 Å².